The Bertz CT molecular complexity index is 624. The molecule has 0 bridgehead atoms. The summed E-state index contributed by atoms with van der Waals surface area (Å²) in [7, 11) is 0. The van der Waals surface area contributed by atoms with Crippen LogP contribution >= 0.6 is 23.2 Å². The molecule has 2 rings (SSSR count). The van der Waals surface area contributed by atoms with Gasteiger partial charge in [0, 0.05) is 24.7 Å². The summed E-state index contributed by atoms with van der Waals surface area (Å²) in [5.41, 5.74) is 0. The Kier molecular flexibility index (Phi) is 7.38. The van der Waals surface area contributed by atoms with E-state index in [1.165, 1.54) is 0 Å². The van der Waals surface area contributed by atoms with Crippen molar-refractivity contribution in [1.29, 1.82) is 0 Å². The molecule has 1 aliphatic heterocycles. The molecule has 0 saturated carbocycles. The van der Waals surface area contributed by atoms with Gasteiger partial charge in [0.2, 0.25) is 5.91 Å². The van der Waals surface area contributed by atoms with Gasteiger partial charge in [-0.15, -0.1) is 0 Å². The van der Waals surface area contributed by atoms with Crippen molar-refractivity contribution in [3.05, 3.63) is 28.2 Å². The van der Waals surface area contributed by atoms with Crippen LogP contribution in [0.3, 0.4) is 0 Å². The lowest BCUT2D eigenvalue weighted by molar-refractivity contribution is -0.141. The highest BCUT2D eigenvalue weighted by Crippen LogP contribution is 2.28. The summed E-state index contributed by atoms with van der Waals surface area (Å²) in [5.74, 6) is 0.143. The van der Waals surface area contributed by atoms with Gasteiger partial charge in [-0.3, -0.25) is 9.59 Å². The number of carbonyl (C=O) groups is 2. The van der Waals surface area contributed by atoms with E-state index in [1.54, 1.807) is 30.0 Å². The zero-order valence-corrected chi connectivity index (χ0v) is 16.1. The van der Waals surface area contributed by atoms with Gasteiger partial charge in [-0.05, 0) is 44.4 Å². The van der Waals surface area contributed by atoms with E-state index in [9.17, 15) is 9.59 Å². The predicted molar refractivity (Wildman–Crippen MR) is 99.2 cm³/mol. The van der Waals surface area contributed by atoms with Gasteiger partial charge in [-0.1, -0.05) is 30.1 Å². The molecule has 1 saturated heterocycles. The second kappa shape index (κ2) is 9.30. The monoisotopic (exact) mass is 386 g/mol. The van der Waals surface area contributed by atoms with Gasteiger partial charge in [-0.2, -0.15) is 0 Å². The highest BCUT2D eigenvalue weighted by Gasteiger charge is 2.31. The van der Waals surface area contributed by atoms with Crippen molar-refractivity contribution in [2.45, 2.75) is 39.2 Å². The number of ether oxygens (including phenoxy) is 1. The number of nitrogens with zero attached hydrogens (tertiary/aromatic N) is 1. The minimum Gasteiger partial charge on any atom is -0.479 e. The Morgan fingerprint density at radius 3 is 2.84 bits per heavy atom. The largest absolute Gasteiger partial charge is 0.479 e. The molecule has 2 amide bonds. The Balaban J connectivity index is 1.95. The van der Waals surface area contributed by atoms with Crippen LogP contribution in [0.1, 0.15) is 33.1 Å². The third kappa shape index (κ3) is 5.51. The molecule has 138 valence electrons. The Hall–Kier alpha value is -1.46. The molecule has 1 N–H and O–H groups in total. The summed E-state index contributed by atoms with van der Waals surface area (Å²) in [6, 6.07) is 4.88. The van der Waals surface area contributed by atoms with E-state index in [-0.39, 0.29) is 17.7 Å². The van der Waals surface area contributed by atoms with Gasteiger partial charge in [0.05, 0.1) is 10.9 Å². The van der Waals surface area contributed by atoms with Crippen molar-refractivity contribution in [2.75, 3.05) is 19.6 Å². The summed E-state index contributed by atoms with van der Waals surface area (Å²) in [6.45, 7) is 5.43. The zero-order valence-electron chi connectivity index (χ0n) is 14.6. The van der Waals surface area contributed by atoms with E-state index in [1.807, 2.05) is 6.92 Å². The average Bonchev–Trinajstić information content (AvgIpc) is 2.61. The van der Waals surface area contributed by atoms with Gasteiger partial charge in [0.1, 0.15) is 5.75 Å². The number of amides is 2. The van der Waals surface area contributed by atoms with Crippen molar-refractivity contribution in [3.63, 3.8) is 0 Å². The first kappa shape index (κ1) is 19.9. The summed E-state index contributed by atoms with van der Waals surface area (Å²) in [4.78, 5) is 26.5. The van der Waals surface area contributed by atoms with Crippen molar-refractivity contribution >= 4 is 35.0 Å². The molecule has 0 spiro atoms. The summed E-state index contributed by atoms with van der Waals surface area (Å²) in [6.07, 6.45) is 1.83. The first-order chi connectivity index (χ1) is 11.9. The number of carbonyl (C=O) groups excluding carboxylic acids is 2. The van der Waals surface area contributed by atoms with Crippen LogP contribution in [0.25, 0.3) is 0 Å². The maximum absolute atomic E-state index is 12.7. The first-order valence-corrected chi connectivity index (χ1v) is 9.36. The topological polar surface area (TPSA) is 58.6 Å². The van der Waals surface area contributed by atoms with Crippen LogP contribution in [0.2, 0.25) is 10.0 Å². The molecule has 1 fully saturated rings. The minimum atomic E-state index is -0.684. The van der Waals surface area contributed by atoms with Crippen molar-refractivity contribution in [3.8, 4) is 5.75 Å². The quantitative estimate of drug-likeness (QED) is 0.813. The minimum absolute atomic E-state index is 0.0219. The van der Waals surface area contributed by atoms with Crippen LogP contribution in [-0.4, -0.2) is 42.5 Å². The molecular weight excluding hydrogens is 363 g/mol. The average molecular weight is 387 g/mol. The Morgan fingerprint density at radius 1 is 1.40 bits per heavy atom. The van der Waals surface area contributed by atoms with E-state index in [0.717, 1.165) is 19.3 Å². The molecular formula is C18H24Cl2N2O3. The van der Waals surface area contributed by atoms with Gasteiger partial charge < -0.3 is 15.0 Å². The molecule has 2 unspecified atom stereocenters. The van der Waals surface area contributed by atoms with Crippen LogP contribution in [0.4, 0.5) is 0 Å². The molecule has 2 atom stereocenters. The fraction of sp³-hybridized carbons (Fsp3) is 0.556. The molecule has 0 aromatic heterocycles. The molecule has 0 radical (unpaired) electrons. The highest BCUT2D eigenvalue weighted by molar-refractivity contribution is 6.35. The maximum atomic E-state index is 12.7. The van der Waals surface area contributed by atoms with Crippen LogP contribution in [-0.2, 0) is 9.59 Å². The molecule has 1 aromatic carbocycles. The maximum Gasteiger partial charge on any atom is 0.263 e. The summed E-state index contributed by atoms with van der Waals surface area (Å²) in [5, 5.41) is 3.78. The smallest absolute Gasteiger partial charge is 0.263 e. The van der Waals surface area contributed by atoms with Crippen LogP contribution in [0, 0.1) is 5.92 Å². The molecule has 5 nitrogen and oxygen atoms in total. The Labute approximate surface area is 158 Å². The molecule has 25 heavy (non-hydrogen) atoms. The van der Waals surface area contributed by atoms with E-state index in [0.29, 0.717) is 35.4 Å². The molecule has 1 aliphatic rings. The predicted octanol–water partition coefficient (Wildman–Crippen LogP) is 3.53. The first-order valence-electron chi connectivity index (χ1n) is 8.60. The van der Waals surface area contributed by atoms with Gasteiger partial charge in [0.15, 0.2) is 6.10 Å². The summed E-state index contributed by atoms with van der Waals surface area (Å²) < 4.78 is 5.69. The number of nitrogens with one attached hydrogen (secondary N) is 1. The standard InChI is InChI=1S/C18H24Cl2N2O3/c1-3-8-21-17(23)13-5-4-9-22(11-13)18(24)12(2)25-16-7-6-14(19)10-15(16)20/h6-7,10,12-13H,3-5,8-9,11H2,1-2H3,(H,21,23). The van der Waals surface area contributed by atoms with E-state index >= 15 is 0 Å². The lowest BCUT2D eigenvalue weighted by Gasteiger charge is -2.33. The zero-order chi connectivity index (χ0) is 18.4. The fourth-order valence-electron chi connectivity index (χ4n) is 2.85. The third-order valence-electron chi connectivity index (χ3n) is 4.20. The second-order valence-electron chi connectivity index (χ2n) is 6.25. The normalized spacial score (nSPS) is 18.6. The van der Waals surface area contributed by atoms with Crippen LogP contribution in [0.5, 0.6) is 5.75 Å². The van der Waals surface area contributed by atoms with Gasteiger partial charge in [0.25, 0.3) is 5.91 Å². The number of hydrogen-bond donors (Lipinski definition) is 1. The Morgan fingerprint density at radius 2 is 2.16 bits per heavy atom. The molecule has 1 aromatic rings. The van der Waals surface area contributed by atoms with Crippen molar-refractivity contribution in [1.82, 2.24) is 10.2 Å². The second-order valence-corrected chi connectivity index (χ2v) is 7.09. The molecule has 0 aliphatic carbocycles. The number of benzene rings is 1. The molecule has 7 heteroatoms. The van der Waals surface area contributed by atoms with E-state index in [2.05, 4.69) is 5.32 Å². The number of rotatable bonds is 6. The number of hydrogen-bond acceptors (Lipinski definition) is 3. The SMILES string of the molecule is CCCNC(=O)C1CCCN(C(=O)C(C)Oc2ccc(Cl)cc2Cl)C1. The lowest BCUT2D eigenvalue weighted by Crippen LogP contribution is -2.49. The van der Waals surface area contributed by atoms with Crippen molar-refractivity contribution < 1.29 is 14.3 Å². The lowest BCUT2D eigenvalue weighted by atomic mass is 9.96. The van der Waals surface area contributed by atoms with E-state index < -0.39 is 6.10 Å². The molecule has 1 heterocycles. The fourth-order valence-corrected chi connectivity index (χ4v) is 3.31. The number of likely N-dealkylation sites (tertiary alicyclic amines) is 1. The number of halogens is 2. The van der Waals surface area contributed by atoms with Crippen molar-refractivity contribution in [2.24, 2.45) is 5.92 Å². The van der Waals surface area contributed by atoms with Crippen LogP contribution in [0.15, 0.2) is 18.2 Å². The highest BCUT2D eigenvalue weighted by atomic mass is 35.5. The van der Waals surface area contributed by atoms with Gasteiger partial charge in [-0.25, -0.2) is 0 Å². The number of piperidine rings is 1. The van der Waals surface area contributed by atoms with Gasteiger partial charge >= 0.3 is 0 Å². The third-order valence-corrected chi connectivity index (χ3v) is 4.73. The van der Waals surface area contributed by atoms with E-state index in [4.69, 9.17) is 27.9 Å². The van der Waals surface area contributed by atoms with Crippen LogP contribution < -0.4 is 10.1 Å². The summed E-state index contributed by atoms with van der Waals surface area (Å²) >= 11 is 12.0.